The zero-order valence-corrected chi connectivity index (χ0v) is 13.7. The van der Waals surface area contributed by atoms with E-state index in [1.165, 1.54) is 13.3 Å². The molecule has 4 aromatic rings. The summed E-state index contributed by atoms with van der Waals surface area (Å²) in [4.78, 5) is 28.0. The number of hydrogen-bond donors (Lipinski definition) is 1. The first-order chi connectivity index (χ1) is 12.7. The Kier molecular flexibility index (Phi) is 3.77. The number of benzene rings is 2. The second kappa shape index (κ2) is 6.25. The highest BCUT2D eigenvalue weighted by Gasteiger charge is 2.11. The molecule has 0 amide bonds. The summed E-state index contributed by atoms with van der Waals surface area (Å²) in [7, 11) is 1.32. The summed E-state index contributed by atoms with van der Waals surface area (Å²) < 4.78 is 4.65. The van der Waals surface area contributed by atoms with Gasteiger partial charge in [0.2, 0.25) is 0 Å². The molecule has 0 fully saturated rings. The Morgan fingerprint density at radius 3 is 2.73 bits per heavy atom. The van der Waals surface area contributed by atoms with Gasteiger partial charge in [-0.15, -0.1) is 5.10 Å². The van der Waals surface area contributed by atoms with Crippen LogP contribution >= 0.6 is 0 Å². The molecule has 0 saturated heterocycles. The molecule has 2 aromatic carbocycles. The summed E-state index contributed by atoms with van der Waals surface area (Å²) >= 11 is 0. The minimum Gasteiger partial charge on any atom is -0.465 e. The number of carbonyl (C=O) groups excluding carboxylic acids is 1. The third-order valence-electron chi connectivity index (χ3n) is 3.95. The van der Waals surface area contributed by atoms with E-state index in [0.717, 1.165) is 15.7 Å². The normalized spacial score (nSPS) is 11.4. The number of carbonyl (C=O) groups is 1. The van der Waals surface area contributed by atoms with Crippen LogP contribution < -0.4 is 5.56 Å². The maximum atomic E-state index is 12.6. The Hall–Kier alpha value is -3.81. The van der Waals surface area contributed by atoms with Gasteiger partial charge in [0.05, 0.1) is 18.9 Å². The minimum absolute atomic E-state index is 0.347. The number of fused-ring (bicyclic) bond motifs is 3. The van der Waals surface area contributed by atoms with Crippen molar-refractivity contribution >= 4 is 34.1 Å². The first-order valence-corrected chi connectivity index (χ1v) is 7.76. The largest absolute Gasteiger partial charge is 0.465 e. The second-order valence-corrected chi connectivity index (χ2v) is 5.54. The number of para-hydroxylation sites is 1. The molecule has 0 atom stereocenters. The zero-order chi connectivity index (χ0) is 18.1. The van der Waals surface area contributed by atoms with Crippen LogP contribution in [0.1, 0.15) is 15.9 Å². The third-order valence-corrected chi connectivity index (χ3v) is 3.95. The van der Waals surface area contributed by atoms with E-state index in [1.807, 2.05) is 24.3 Å². The Labute approximate surface area is 146 Å². The standard InChI is InChI=1S/C18H13N5O3/c1-26-18(25)12-8-6-11(7-9-12)10-19-23-17(24)16-15(21-22-23)13-4-2-3-5-14(13)20-16/h2-10,20H,1H3. The van der Waals surface area contributed by atoms with Crippen molar-refractivity contribution in [2.45, 2.75) is 0 Å². The topological polar surface area (TPSA) is 102 Å². The smallest absolute Gasteiger partial charge is 0.337 e. The number of hydrogen-bond acceptors (Lipinski definition) is 6. The number of H-pyrrole nitrogens is 1. The molecule has 0 aliphatic rings. The number of ether oxygens (including phenoxy) is 1. The highest BCUT2D eigenvalue weighted by molar-refractivity contribution is 6.04. The minimum atomic E-state index is -0.417. The van der Waals surface area contributed by atoms with Crippen LogP contribution in [0.3, 0.4) is 0 Å². The van der Waals surface area contributed by atoms with E-state index in [-0.39, 0.29) is 0 Å². The molecule has 26 heavy (non-hydrogen) atoms. The lowest BCUT2D eigenvalue weighted by Crippen LogP contribution is -2.20. The summed E-state index contributed by atoms with van der Waals surface area (Å²) in [5.74, 6) is -0.417. The van der Waals surface area contributed by atoms with Crippen LogP contribution in [0.15, 0.2) is 58.4 Å². The van der Waals surface area contributed by atoms with Gasteiger partial charge in [-0.3, -0.25) is 4.79 Å². The van der Waals surface area contributed by atoms with Gasteiger partial charge in [-0.05, 0) is 29.0 Å². The molecule has 4 rings (SSSR count). The van der Waals surface area contributed by atoms with Gasteiger partial charge in [0.25, 0.3) is 0 Å². The average Bonchev–Trinajstić information content (AvgIpc) is 3.07. The number of aromatic nitrogens is 4. The Morgan fingerprint density at radius 2 is 1.96 bits per heavy atom. The van der Waals surface area contributed by atoms with Crippen molar-refractivity contribution in [2.24, 2.45) is 5.10 Å². The lowest BCUT2D eigenvalue weighted by molar-refractivity contribution is 0.0600. The number of aromatic amines is 1. The summed E-state index contributed by atoms with van der Waals surface area (Å²) in [6, 6.07) is 14.1. The highest BCUT2D eigenvalue weighted by atomic mass is 16.5. The zero-order valence-electron chi connectivity index (χ0n) is 13.7. The van der Waals surface area contributed by atoms with Gasteiger partial charge in [0.1, 0.15) is 11.0 Å². The van der Waals surface area contributed by atoms with Gasteiger partial charge < -0.3 is 9.72 Å². The lowest BCUT2D eigenvalue weighted by atomic mass is 10.1. The molecule has 0 bridgehead atoms. The first kappa shape index (κ1) is 15.7. The molecule has 2 aromatic heterocycles. The van der Waals surface area contributed by atoms with Crippen LogP contribution in [0, 0.1) is 0 Å². The fourth-order valence-electron chi connectivity index (χ4n) is 2.63. The molecule has 0 saturated carbocycles. The van der Waals surface area contributed by atoms with E-state index >= 15 is 0 Å². The van der Waals surface area contributed by atoms with Crippen molar-refractivity contribution in [3.05, 3.63) is 70.0 Å². The van der Waals surface area contributed by atoms with Gasteiger partial charge in [-0.1, -0.05) is 35.1 Å². The number of esters is 1. The van der Waals surface area contributed by atoms with Crippen molar-refractivity contribution in [1.82, 2.24) is 20.1 Å². The molecule has 8 heteroatoms. The van der Waals surface area contributed by atoms with Gasteiger partial charge in [0.15, 0.2) is 0 Å². The molecule has 0 aliphatic heterocycles. The number of rotatable bonds is 3. The quantitative estimate of drug-likeness (QED) is 0.451. The van der Waals surface area contributed by atoms with E-state index < -0.39 is 11.5 Å². The number of nitrogens with one attached hydrogen (secondary N) is 1. The second-order valence-electron chi connectivity index (χ2n) is 5.54. The SMILES string of the molecule is COC(=O)c1ccc(C=Nn2nnc3c([nH]c4ccccc43)c2=O)cc1. The fourth-order valence-corrected chi connectivity index (χ4v) is 2.63. The number of methoxy groups -OCH3 is 1. The molecular formula is C18H13N5O3. The van der Waals surface area contributed by atoms with Crippen LogP contribution in [-0.2, 0) is 4.74 Å². The molecule has 8 nitrogen and oxygen atoms in total. The maximum Gasteiger partial charge on any atom is 0.337 e. The molecular weight excluding hydrogens is 334 g/mol. The van der Waals surface area contributed by atoms with Crippen LogP contribution in [0.5, 0.6) is 0 Å². The van der Waals surface area contributed by atoms with E-state index in [2.05, 4.69) is 25.1 Å². The van der Waals surface area contributed by atoms with E-state index in [0.29, 0.717) is 22.2 Å². The van der Waals surface area contributed by atoms with Gasteiger partial charge in [-0.25, -0.2) is 4.79 Å². The molecule has 2 heterocycles. The van der Waals surface area contributed by atoms with Crippen LogP contribution in [0.25, 0.3) is 21.9 Å². The van der Waals surface area contributed by atoms with Crippen molar-refractivity contribution in [1.29, 1.82) is 0 Å². The Balaban J connectivity index is 1.70. The summed E-state index contributed by atoms with van der Waals surface area (Å²) in [6.07, 6.45) is 1.46. The molecule has 1 N–H and O–H groups in total. The molecule has 0 spiro atoms. The predicted octanol–water partition coefficient (Wildman–Crippen LogP) is 1.94. The Bertz CT molecular complexity index is 1210. The number of nitrogens with zero attached hydrogens (tertiary/aromatic N) is 4. The summed E-state index contributed by atoms with van der Waals surface area (Å²) in [5, 5.41) is 12.9. The van der Waals surface area contributed by atoms with E-state index in [1.54, 1.807) is 24.3 Å². The van der Waals surface area contributed by atoms with E-state index in [9.17, 15) is 9.59 Å². The van der Waals surface area contributed by atoms with Crippen molar-refractivity contribution in [2.75, 3.05) is 7.11 Å². The highest BCUT2D eigenvalue weighted by Crippen LogP contribution is 2.19. The van der Waals surface area contributed by atoms with Gasteiger partial charge in [0, 0.05) is 10.9 Å². The van der Waals surface area contributed by atoms with Gasteiger partial charge in [-0.2, -0.15) is 5.10 Å². The monoisotopic (exact) mass is 347 g/mol. The van der Waals surface area contributed by atoms with E-state index in [4.69, 9.17) is 0 Å². The molecule has 128 valence electrons. The fraction of sp³-hybridized carbons (Fsp3) is 0.0556. The van der Waals surface area contributed by atoms with Crippen LogP contribution in [0.4, 0.5) is 0 Å². The van der Waals surface area contributed by atoms with Crippen molar-refractivity contribution < 1.29 is 9.53 Å². The molecule has 0 aliphatic carbocycles. The summed E-state index contributed by atoms with van der Waals surface area (Å²) in [6.45, 7) is 0. The maximum absolute atomic E-state index is 12.6. The van der Waals surface area contributed by atoms with Crippen LogP contribution in [0.2, 0.25) is 0 Å². The molecule has 0 radical (unpaired) electrons. The molecule has 0 unspecified atom stereocenters. The third kappa shape index (κ3) is 2.63. The van der Waals surface area contributed by atoms with Gasteiger partial charge >= 0.3 is 11.5 Å². The first-order valence-electron chi connectivity index (χ1n) is 7.76. The van der Waals surface area contributed by atoms with Crippen molar-refractivity contribution in [3.8, 4) is 0 Å². The average molecular weight is 347 g/mol. The Morgan fingerprint density at radius 1 is 1.19 bits per heavy atom. The van der Waals surface area contributed by atoms with Crippen LogP contribution in [-0.4, -0.2) is 39.4 Å². The van der Waals surface area contributed by atoms with Crippen molar-refractivity contribution in [3.63, 3.8) is 0 Å². The predicted molar refractivity (Wildman–Crippen MR) is 96.4 cm³/mol. The lowest BCUT2D eigenvalue weighted by Gasteiger charge is -1.99. The summed E-state index contributed by atoms with van der Waals surface area (Å²) in [5.41, 5.74) is 2.41.